The molecule has 1 unspecified atom stereocenters. The molecule has 2 heterocycles. The summed E-state index contributed by atoms with van der Waals surface area (Å²) in [5.74, 6) is -0.126. The molecule has 1 aliphatic carbocycles. The molecule has 1 aromatic rings. The molecule has 0 bridgehead atoms. The standard InChI is InChI=1S/C22H25N3O2S/c23-12-17-6-3-9-25(17)22(27)21-20(19(28)13-24-21)18(26)8-7-14-10-15-4-1-2-5-16(15)11-14/h1-2,4-5,14,17,20-21,24H,3,6-11,13H2/t17-,20?,21-/m0/s1. The monoisotopic (exact) mass is 395 g/mol. The quantitative estimate of drug-likeness (QED) is 0.774. The second-order valence-electron chi connectivity index (χ2n) is 8.17. The molecule has 2 aliphatic heterocycles. The number of benzene rings is 1. The molecule has 1 amide bonds. The molecule has 3 aliphatic rings. The lowest BCUT2D eigenvalue weighted by Gasteiger charge is -2.26. The number of hydrogen-bond donors (Lipinski definition) is 1. The zero-order valence-electron chi connectivity index (χ0n) is 15.9. The van der Waals surface area contributed by atoms with E-state index in [1.807, 2.05) is 0 Å². The fourth-order valence-electron chi connectivity index (χ4n) is 4.92. The number of Topliss-reactive ketones (excluding diaryl/α,β-unsaturated/α-hetero) is 1. The molecule has 0 spiro atoms. The molecule has 5 nitrogen and oxygen atoms in total. The van der Waals surface area contributed by atoms with Crippen LogP contribution in [0.4, 0.5) is 0 Å². The molecule has 28 heavy (non-hydrogen) atoms. The molecule has 146 valence electrons. The van der Waals surface area contributed by atoms with E-state index in [1.54, 1.807) is 4.90 Å². The van der Waals surface area contributed by atoms with Crippen molar-refractivity contribution >= 4 is 28.8 Å². The largest absolute Gasteiger partial charge is 0.325 e. The Morgan fingerprint density at radius 1 is 1.25 bits per heavy atom. The van der Waals surface area contributed by atoms with Crippen LogP contribution in [0.2, 0.25) is 0 Å². The van der Waals surface area contributed by atoms with E-state index < -0.39 is 12.0 Å². The average molecular weight is 396 g/mol. The second-order valence-corrected chi connectivity index (χ2v) is 8.69. The molecule has 0 aromatic heterocycles. The summed E-state index contributed by atoms with van der Waals surface area (Å²) in [6.07, 6.45) is 4.88. The van der Waals surface area contributed by atoms with Gasteiger partial charge in [-0.3, -0.25) is 9.59 Å². The molecular formula is C22H25N3O2S. The van der Waals surface area contributed by atoms with Gasteiger partial charge in [-0.2, -0.15) is 5.26 Å². The van der Waals surface area contributed by atoms with Gasteiger partial charge in [0.1, 0.15) is 17.9 Å². The van der Waals surface area contributed by atoms with Crippen molar-refractivity contribution in [1.29, 1.82) is 5.26 Å². The van der Waals surface area contributed by atoms with Gasteiger partial charge in [0.2, 0.25) is 5.91 Å². The molecule has 0 radical (unpaired) electrons. The number of hydrogen-bond acceptors (Lipinski definition) is 5. The highest BCUT2D eigenvalue weighted by Crippen LogP contribution is 2.31. The van der Waals surface area contributed by atoms with Gasteiger partial charge in [-0.05, 0) is 49.1 Å². The molecule has 0 saturated carbocycles. The molecule has 2 fully saturated rings. The van der Waals surface area contributed by atoms with Crippen molar-refractivity contribution in [3.8, 4) is 6.07 Å². The Balaban J connectivity index is 1.38. The molecule has 2 saturated heterocycles. The number of ketones is 1. The maximum atomic E-state index is 13.0. The Kier molecular flexibility index (Phi) is 5.56. The van der Waals surface area contributed by atoms with E-state index in [0.717, 1.165) is 25.7 Å². The second kappa shape index (κ2) is 8.10. The number of nitrogens with zero attached hydrogens (tertiary/aromatic N) is 2. The van der Waals surface area contributed by atoms with Gasteiger partial charge in [-0.15, -0.1) is 0 Å². The van der Waals surface area contributed by atoms with Gasteiger partial charge < -0.3 is 10.2 Å². The average Bonchev–Trinajstić information content (AvgIpc) is 3.42. The summed E-state index contributed by atoms with van der Waals surface area (Å²) in [6.45, 7) is 1.01. The number of fused-ring (bicyclic) bond motifs is 1. The van der Waals surface area contributed by atoms with Gasteiger partial charge in [0.05, 0.1) is 12.0 Å². The fourth-order valence-corrected chi connectivity index (χ4v) is 5.27. The predicted octanol–water partition coefficient (Wildman–Crippen LogP) is 2.22. The van der Waals surface area contributed by atoms with Crippen LogP contribution in [-0.4, -0.2) is 46.6 Å². The van der Waals surface area contributed by atoms with E-state index >= 15 is 0 Å². The van der Waals surface area contributed by atoms with Gasteiger partial charge in [0.15, 0.2) is 0 Å². The molecule has 1 aromatic carbocycles. The van der Waals surface area contributed by atoms with Crippen molar-refractivity contribution < 1.29 is 9.59 Å². The third-order valence-corrected chi connectivity index (χ3v) is 6.81. The number of nitrogens with one attached hydrogen (secondary N) is 1. The van der Waals surface area contributed by atoms with Gasteiger partial charge >= 0.3 is 0 Å². The van der Waals surface area contributed by atoms with E-state index in [2.05, 4.69) is 35.7 Å². The van der Waals surface area contributed by atoms with E-state index in [1.165, 1.54) is 11.1 Å². The third kappa shape index (κ3) is 3.61. The number of rotatable bonds is 5. The van der Waals surface area contributed by atoms with Crippen molar-refractivity contribution in [3.63, 3.8) is 0 Å². The summed E-state index contributed by atoms with van der Waals surface area (Å²) < 4.78 is 0. The van der Waals surface area contributed by atoms with Crippen LogP contribution >= 0.6 is 12.2 Å². The van der Waals surface area contributed by atoms with Crippen LogP contribution in [0.15, 0.2) is 24.3 Å². The third-order valence-electron chi connectivity index (χ3n) is 6.41. The number of carbonyl (C=O) groups excluding carboxylic acids is 2. The van der Waals surface area contributed by atoms with E-state index in [0.29, 0.717) is 36.7 Å². The number of likely N-dealkylation sites (tertiary alicyclic amines) is 1. The first-order chi connectivity index (χ1) is 13.6. The minimum absolute atomic E-state index is 0.0667. The van der Waals surface area contributed by atoms with Crippen molar-refractivity contribution in [1.82, 2.24) is 10.2 Å². The first kappa shape index (κ1) is 19.2. The van der Waals surface area contributed by atoms with Crippen molar-refractivity contribution in [2.75, 3.05) is 13.1 Å². The van der Waals surface area contributed by atoms with Gasteiger partial charge in [-0.1, -0.05) is 36.5 Å². The minimum atomic E-state index is -0.602. The maximum absolute atomic E-state index is 13.0. The Hall–Kier alpha value is -2.10. The normalized spacial score (nSPS) is 27.0. The van der Waals surface area contributed by atoms with Gasteiger partial charge in [-0.25, -0.2) is 0 Å². The van der Waals surface area contributed by atoms with Crippen LogP contribution in [-0.2, 0) is 22.4 Å². The van der Waals surface area contributed by atoms with Crippen LogP contribution < -0.4 is 5.32 Å². The Morgan fingerprint density at radius 3 is 2.64 bits per heavy atom. The molecule has 6 heteroatoms. The fraction of sp³-hybridized carbons (Fsp3) is 0.545. The van der Waals surface area contributed by atoms with Crippen molar-refractivity contribution in [2.45, 2.75) is 50.6 Å². The molecule has 1 N–H and O–H groups in total. The minimum Gasteiger partial charge on any atom is -0.325 e. The van der Waals surface area contributed by atoms with E-state index in [4.69, 9.17) is 12.2 Å². The van der Waals surface area contributed by atoms with Crippen LogP contribution in [0.25, 0.3) is 0 Å². The highest BCUT2D eigenvalue weighted by molar-refractivity contribution is 7.80. The van der Waals surface area contributed by atoms with Crippen LogP contribution in [0.5, 0.6) is 0 Å². The topological polar surface area (TPSA) is 73.2 Å². The van der Waals surface area contributed by atoms with Crippen molar-refractivity contribution in [2.24, 2.45) is 11.8 Å². The van der Waals surface area contributed by atoms with Crippen LogP contribution in [0.3, 0.4) is 0 Å². The van der Waals surface area contributed by atoms with Gasteiger partial charge in [0, 0.05) is 24.4 Å². The van der Waals surface area contributed by atoms with Crippen molar-refractivity contribution in [3.05, 3.63) is 35.4 Å². The summed E-state index contributed by atoms with van der Waals surface area (Å²) in [5.41, 5.74) is 2.78. The Morgan fingerprint density at radius 2 is 1.96 bits per heavy atom. The highest BCUT2D eigenvalue weighted by atomic mass is 32.1. The highest BCUT2D eigenvalue weighted by Gasteiger charge is 2.44. The number of nitriles is 1. The lowest BCUT2D eigenvalue weighted by Crippen LogP contribution is -2.49. The zero-order chi connectivity index (χ0) is 19.7. The summed E-state index contributed by atoms with van der Waals surface area (Å²) in [7, 11) is 0. The summed E-state index contributed by atoms with van der Waals surface area (Å²) in [6, 6.07) is 9.70. The summed E-state index contributed by atoms with van der Waals surface area (Å²) in [4.78, 5) is 28.2. The zero-order valence-corrected chi connectivity index (χ0v) is 16.7. The lowest BCUT2D eigenvalue weighted by molar-refractivity contribution is -0.136. The number of amides is 1. The first-order valence-corrected chi connectivity index (χ1v) is 10.5. The predicted molar refractivity (Wildman–Crippen MR) is 110 cm³/mol. The first-order valence-electron chi connectivity index (χ1n) is 10.1. The van der Waals surface area contributed by atoms with Crippen LogP contribution in [0.1, 0.15) is 36.8 Å². The smallest absolute Gasteiger partial charge is 0.241 e. The lowest BCUT2D eigenvalue weighted by atomic mass is 9.89. The summed E-state index contributed by atoms with van der Waals surface area (Å²) in [5, 5.41) is 12.4. The molecule has 3 atom stereocenters. The Labute approximate surface area is 171 Å². The molecule has 4 rings (SSSR count). The van der Waals surface area contributed by atoms with E-state index in [-0.39, 0.29) is 17.7 Å². The number of carbonyl (C=O) groups is 2. The summed E-state index contributed by atoms with van der Waals surface area (Å²) >= 11 is 5.43. The maximum Gasteiger partial charge on any atom is 0.241 e. The number of thiocarbonyl (C=S) groups is 1. The van der Waals surface area contributed by atoms with Crippen LogP contribution in [0, 0.1) is 23.2 Å². The Bertz CT molecular complexity index is 821. The molecular weight excluding hydrogens is 370 g/mol. The van der Waals surface area contributed by atoms with E-state index in [9.17, 15) is 14.9 Å². The van der Waals surface area contributed by atoms with Gasteiger partial charge in [0.25, 0.3) is 0 Å². The SMILES string of the molecule is N#C[C@@H]1CCCN1C(=O)[C@H]1NCC(=S)C1C(=O)CCC1Cc2ccccc2C1.